The van der Waals surface area contributed by atoms with E-state index in [9.17, 15) is 14.9 Å². The number of amides is 1. The number of hydrogen-bond acceptors (Lipinski definition) is 4. The molecule has 1 aromatic carbocycles. The van der Waals surface area contributed by atoms with Gasteiger partial charge in [0.2, 0.25) is 0 Å². The topological polar surface area (TPSA) is 81.5 Å². The molecule has 1 N–H and O–H groups in total. The maximum absolute atomic E-state index is 11.5. The Kier molecular flexibility index (Phi) is 6.49. The lowest BCUT2D eigenvalue weighted by atomic mass is 10.2. The Morgan fingerprint density at radius 3 is 2.75 bits per heavy atom. The van der Waals surface area contributed by atoms with E-state index in [2.05, 4.69) is 12.2 Å². The molecule has 6 heteroatoms. The molecule has 0 bridgehead atoms. The van der Waals surface area contributed by atoms with Crippen LogP contribution >= 0.6 is 0 Å². The van der Waals surface area contributed by atoms with E-state index < -0.39 is 4.92 Å². The first-order valence-corrected chi connectivity index (χ1v) is 6.69. The zero-order chi connectivity index (χ0) is 15.0. The Labute approximate surface area is 118 Å². The van der Waals surface area contributed by atoms with E-state index >= 15 is 0 Å². The monoisotopic (exact) mass is 280 g/mol. The van der Waals surface area contributed by atoms with E-state index in [0.717, 1.165) is 19.3 Å². The number of aryl methyl sites for hydroxylation is 1. The van der Waals surface area contributed by atoms with Gasteiger partial charge in [-0.2, -0.15) is 0 Å². The van der Waals surface area contributed by atoms with Gasteiger partial charge in [-0.1, -0.05) is 19.8 Å². The van der Waals surface area contributed by atoms with E-state index in [1.807, 2.05) is 0 Å². The first-order valence-electron chi connectivity index (χ1n) is 6.69. The number of rotatable bonds is 8. The van der Waals surface area contributed by atoms with Gasteiger partial charge >= 0.3 is 0 Å². The number of nitrogens with one attached hydrogen (secondary N) is 1. The van der Waals surface area contributed by atoms with Crippen LogP contribution in [-0.4, -0.2) is 24.0 Å². The summed E-state index contributed by atoms with van der Waals surface area (Å²) in [5.41, 5.74) is 0.553. The van der Waals surface area contributed by atoms with Crippen molar-refractivity contribution >= 4 is 11.6 Å². The lowest BCUT2D eigenvalue weighted by Gasteiger charge is -2.08. The maximum Gasteiger partial charge on any atom is 0.272 e. The molecule has 0 aliphatic carbocycles. The number of unbranched alkanes of at least 4 members (excludes halogenated alkanes) is 2. The normalized spacial score (nSPS) is 10.1. The Bertz CT molecular complexity index is 474. The third kappa shape index (κ3) is 5.26. The van der Waals surface area contributed by atoms with Gasteiger partial charge in [-0.3, -0.25) is 14.9 Å². The smallest absolute Gasteiger partial charge is 0.272 e. The molecule has 6 nitrogen and oxygen atoms in total. The molecular weight excluding hydrogens is 260 g/mol. The molecule has 0 aromatic heterocycles. The number of nitro groups is 1. The molecule has 0 saturated heterocycles. The Morgan fingerprint density at radius 1 is 1.40 bits per heavy atom. The minimum Gasteiger partial charge on any atom is -0.484 e. The number of benzene rings is 1. The standard InChI is InChI=1S/C14H20N2O4/c1-3-4-5-8-15-14(17)10-20-12-6-7-13(16(18)19)11(2)9-12/h6-7,9H,3-5,8,10H2,1-2H3,(H,15,17). The van der Waals surface area contributed by atoms with Gasteiger partial charge in [0.05, 0.1) is 4.92 Å². The minimum absolute atomic E-state index is 0.0429. The molecule has 1 amide bonds. The molecule has 0 aliphatic rings. The summed E-state index contributed by atoms with van der Waals surface area (Å²) in [5.74, 6) is 0.272. The zero-order valence-electron chi connectivity index (χ0n) is 11.8. The van der Waals surface area contributed by atoms with Crippen LogP contribution in [0.5, 0.6) is 5.75 Å². The summed E-state index contributed by atoms with van der Waals surface area (Å²) < 4.78 is 5.31. The molecule has 0 fully saturated rings. The lowest BCUT2D eigenvalue weighted by molar-refractivity contribution is -0.385. The van der Waals surface area contributed by atoms with Crippen molar-refractivity contribution in [3.63, 3.8) is 0 Å². The molecule has 20 heavy (non-hydrogen) atoms. The minimum atomic E-state index is -0.445. The predicted molar refractivity (Wildman–Crippen MR) is 75.9 cm³/mol. The van der Waals surface area contributed by atoms with Gasteiger partial charge in [0.25, 0.3) is 11.6 Å². The number of carbonyl (C=O) groups is 1. The fourth-order valence-electron chi connectivity index (χ4n) is 1.73. The van der Waals surface area contributed by atoms with Crippen LogP contribution in [0.25, 0.3) is 0 Å². The molecule has 1 aromatic rings. The first-order chi connectivity index (χ1) is 9.54. The zero-order valence-corrected chi connectivity index (χ0v) is 11.8. The van der Waals surface area contributed by atoms with Crippen LogP contribution < -0.4 is 10.1 Å². The lowest BCUT2D eigenvalue weighted by Crippen LogP contribution is -2.29. The van der Waals surface area contributed by atoms with Crippen LogP contribution in [-0.2, 0) is 4.79 Å². The van der Waals surface area contributed by atoms with Crippen LogP contribution in [0.15, 0.2) is 18.2 Å². The highest BCUT2D eigenvalue weighted by Crippen LogP contribution is 2.22. The molecular formula is C14H20N2O4. The highest BCUT2D eigenvalue weighted by Gasteiger charge is 2.11. The van der Waals surface area contributed by atoms with E-state index in [4.69, 9.17) is 4.74 Å². The van der Waals surface area contributed by atoms with Gasteiger partial charge < -0.3 is 10.1 Å². The summed E-state index contributed by atoms with van der Waals surface area (Å²) in [6, 6.07) is 4.43. The van der Waals surface area contributed by atoms with Gasteiger partial charge in [-0.15, -0.1) is 0 Å². The quantitative estimate of drug-likeness (QED) is 0.451. The van der Waals surface area contributed by atoms with E-state index in [0.29, 0.717) is 17.9 Å². The second kappa shape index (κ2) is 8.14. The molecule has 1 rings (SSSR count). The summed E-state index contributed by atoms with van der Waals surface area (Å²) >= 11 is 0. The van der Waals surface area contributed by atoms with Gasteiger partial charge in [-0.25, -0.2) is 0 Å². The average Bonchev–Trinajstić information content (AvgIpc) is 2.41. The second-order valence-corrected chi connectivity index (χ2v) is 4.55. The molecule has 0 heterocycles. The van der Waals surface area contributed by atoms with Crippen LogP contribution in [0, 0.1) is 17.0 Å². The van der Waals surface area contributed by atoms with Crippen molar-refractivity contribution in [1.82, 2.24) is 5.32 Å². The predicted octanol–water partition coefficient (Wildman–Crippen LogP) is 2.59. The third-order valence-electron chi connectivity index (χ3n) is 2.84. The van der Waals surface area contributed by atoms with Crippen molar-refractivity contribution in [1.29, 1.82) is 0 Å². The highest BCUT2D eigenvalue weighted by atomic mass is 16.6. The third-order valence-corrected chi connectivity index (χ3v) is 2.84. The Hall–Kier alpha value is -2.11. The Morgan fingerprint density at radius 2 is 2.15 bits per heavy atom. The summed E-state index contributed by atoms with van der Waals surface area (Å²) in [5, 5.41) is 13.4. The van der Waals surface area contributed by atoms with Crippen LogP contribution in [0.2, 0.25) is 0 Å². The van der Waals surface area contributed by atoms with Gasteiger partial charge in [0.1, 0.15) is 5.75 Å². The largest absolute Gasteiger partial charge is 0.484 e. The van der Waals surface area contributed by atoms with Crippen molar-refractivity contribution in [2.75, 3.05) is 13.2 Å². The Balaban J connectivity index is 2.40. The summed E-state index contributed by atoms with van der Waals surface area (Å²) in [4.78, 5) is 21.7. The number of hydrogen-bond donors (Lipinski definition) is 1. The SMILES string of the molecule is CCCCCNC(=O)COc1ccc([N+](=O)[O-])c(C)c1. The fraction of sp³-hybridized carbons (Fsp3) is 0.500. The van der Waals surface area contributed by atoms with Crippen molar-refractivity contribution in [2.45, 2.75) is 33.1 Å². The van der Waals surface area contributed by atoms with Crippen molar-refractivity contribution in [2.24, 2.45) is 0 Å². The molecule has 0 radical (unpaired) electrons. The summed E-state index contributed by atoms with van der Waals surface area (Å²) in [6.07, 6.45) is 3.15. The van der Waals surface area contributed by atoms with Crippen LogP contribution in [0.1, 0.15) is 31.7 Å². The van der Waals surface area contributed by atoms with Crippen LogP contribution in [0.4, 0.5) is 5.69 Å². The molecule has 0 spiro atoms. The summed E-state index contributed by atoms with van der Waals surface area (Å²) in [7, 11) is 0. The van der Waals surface area contributed by atoms with Crippen molar-refractivity contribution in [3.8, 4) is 5.75 Å². The first kappa shape index (κ1) is 15.9. The van der Waals surface area contributed by atoms with Crippen molar-refractivity contribution in [3.05, 3.63) is 33.9 Å². The molecule has 110 valence electrons. The number of nitrogens with zero attached hydrogens (tertiary/aromatic N) is 1. The highest BCUT2D eigenvalue weighted by molar-refractivity contribution is 5.77. The number of ether oxygens (including phenoxy) is 1. The average molecular weight is 280 g/mol. The molecule has 0 unspecified atom stereocenters. The van der Waals surface area contributed by atoms with E-state index in [1.54, 1.807) is 13.0 Å². The van der Waals surface area contributed by atoms with Gasteiger partial charge in [0, 0.05) is 18.2 Å². The summed E-state index contributed by atoms with van der Waals surface area (Å²) in [6.45, 7) is 4.30. The fourth-order valence-corrected chi connectivity index (χ4v) is 1.73. The van der Waals surface area contributed by atoms with Gasteiger partial charge in [0.15, 0.2) is 6.61 Å². The van der Waals surface area contributed by atoms with Crippen molar-refractivity contribution < 1.29 is 14.5 Å². The van der Waals surface area contributed by atoms with E-state index in [-0.39, 0.29) is 18.2 Å². The maximum atomic E-state index is 11.5. The number of carbonyl (C=O) groups excluding carboxylic acids is 1. The second-order valence-electron chi connectivity index (χ2n) is 4.55. The van der Waals surface area contributed by atoms with Gasteiger partial charge in [-0.05, 0) is 25.5 Å². The molecule has 0 saturated carbocycles. The molecule has 0 atom stereocenters. The molecule has 0 aliphatic heterocycles. The van der Waals surface area contributed by atoms with Crippen LogP contribution in [0.3, 0.4) is 0 Å². The number of nitro benzene ring substituents is 1. The van der Waals surface area contributed by atoms with E-state index in [1.165, 1.54) is 12.1 Å².